The lowest BCUT2D eigenvalue weighted by Crippen LogP contribution is -2.31. The Morgan fingerprint density at radius 2 is 1.95 bits per heavy atom. The summed E-state index contributed by atoms with van der Waals surface area (Å²) in [7, 11) is 0. The lowest BCUT2D eigenvalue weighted by atomic mass is 10.1. The minimum Gasteiger partial charge on any atom is -0.389 e. The minimum absolute atomic E-state index is 0.307. The second-order valence-corrected chi connectivity index (χ2v) is 4.81. The summed E-state index contributed by atoms with van der Waals surface area (Å²) >= 11 is 0. The predicted molar refractivity (Wildman–Crippen MR) is 74.7 cm³/mol. The topological polar surface area (TPSA) is 41.5 Å². The molecule has 0 radical (unpaired) electrons. The first-order chi connectivity index (χ1) is 9.61. The monoisotopic (exact) mass is 287 g/mol. The zero-order valence-corrected chi connectivity index (χ0v) is 11.9. The number of halogens is 2. The Balaban J connectivity index is 2.11. The molecule has 1 aromatic carbocycles. The second-order valence-electron chi connectivity index (χ2n) is 4.81. The van der Waals surface area contributed by atoms with Crippen molar-refractivity contribution in [3.05, 3.63) is 35.4 Å². The van der Waals surface area contributed by atoms with Crippen molar-refractivity contribution in [3.63, 3.8) is 0 Å². The van der Waals surface area contributed by atoms with Gasteiger partial charge in [-0.2, -0.15) is 0 Å². The van der Waals surface area contributed by atoms with Crippen LogP contribution in [0.15, 0.2) is 18.2 Å². The molecule has 0 spiro atoms. The van der Waals surface area contributed by atoms with Crippen LogP contribution in [0.5, 0.6) is 0 Å². The van der Waals surface area contributed by atoms with E-state index >= 15 is 0 Å². The van der Waals surface area contributed by atoms with Crippen molar-refractivity contribution >= 4 is 0 Å². The average molecular weight is 287 g/mol. The van der Waals surface area contributed by atoms with Gasteiger partial charge in [0.05, 0.1) is 12.7 Å². The molecular formula is C15H23F2NO2. The van der Waals surface area contributed by atoms with E-state index in [0.29, 0.717) is 38.3 Å². The van der Waals surface area contributed by atoms with Gasteiger partial charge in [-0.05, 0) is 37.1 Å². The molecule has 3 nitrogen and oxygen atoms in total. The van der Waals surface area contributed by atoms with Crippen LogP contribution in [0.1, 0.15) is 25.3 Å². The van der Waals surface area contributed by atoms with E-state index in [1.165, 1.54) is 12.1 Å². The van der Waals surface area contributed by atoms with Gasteiger partial charge in [0.15, 0.2) is 0 Å². The highest BCUT2D eigenvalue weighted by atomic mass is 19.1. The van der Waals surface area contributed by atoms with Gasteiger partial charge < -0.3 is 15.2 Å². The van der Waals surface area contributed by atoms with Gasteiger partial charge in [-0.15, -0.1) is 0 Å². The number of rotatable bonds is 10. The smallest absolute Gasteiger partial charge is 0.126 e. The van der Waals surface area contributed by atoms with Crippen molar-refractivity contribution in [2.45, 2.75) is 32.3 Å². The van der Waals surface area contributed by atoms with Crippen LogP contribution < -0.4 is 5.32 Å². The quantitative estimate of drug-likeness (QED) is 0.649. The van der Waals surface area contributed by atoms with Crippen molar-refractivity contribution in [3.8, 4) is 0 Å². The third kappa shape index (κ3) is 7.53. The highest BCUT2D eigenvalue weighted by molar-refractivity contribution is 5.18. The zero-order chi connectivity index (χ0) is 14.8. The van der Waals surface area contributed by atoms with Crippen molar-refractivity contribution in [1.82, 2.24) is 5.32 Å². The Hall–Kier alpha value is -1.04. The summed E-state index contributed by atoms with van der Waals surface area (Å²) in [6, 6.07) is 3.48. The number of aliphatic hydroxyl groups is 1. The average Bonchev–Trinajstić information content (AvgIpc) is 2.39. The number of aliphatic hydroxyl groups excluding tert-OH is 1. The van der Waals surface area contributed by atoms with Crippen LogP contribution in [0, 0.1) is 11.6 Å². The summed E-state index contributed by atoms with van der Waals surface area (Å²) in [6.45, 7) is 4.01. The van der Waals surface area contributed by atoms with Crippen molar-refractivity contribution in [1.29, 1.82) is 0 Å². The van der Waals surface area contributed by atoms with Gasteiger partial charge in [0.2, 0.25) is 0 Å². The lowest BCUT2D eigenvalue weighted by Gasteiger charge is -2.12. The van der Waals surface area contributed by atoms with Crippen LogP contribution in [0.25, 0.3) is 0 Å². The van der Waals surface area contributed by atoms with Gasteiger partial charge >= 0.3 is 0 Å². The molecule has 1 aromatic rings. The Morgan fingerprint density at radius 3 is 2.60 bits per heavy atom. The molecular weight excluding hydrogens is 264 g/mol. The van der Waals surface area contributed by atoms with E-state index in [-0.39, 0.29) is 0 Å². The summed E-state index contributed by atoms with van der Waals surface area (Å²) < 4.78 is 31.2. The molecule has 0 aliphatic rings. The molecule has 0 saturated heterocycles. The minimum atomic E-state index is -0.565. The maximum atomic E-state index is 13.0. The molecule has 2 N–H and O–H groups in total. The van der Waals surface area contributed by atoms with Gasteiger partial charge in [0.25, 0.3) is 0 Å². The molecule has 0 bridgehead atoms. The van der Waals surface area contributed by atoms with E-state index in [9.17, 15) is 13.9 Å². The largest absolute Gasteiger partial charge is 0.389 e. The molecule has 1 rings (SSSR count). The van der Waals surface area contributed by atoms with E-state index in [4.69, 9.17) is 4.74 Å². The number of benzene rings is 1. The maximum Gasteiger partial charge on any atom is 0.126 e. The van der Waals surface area contributed by atoms with Crippen molar-refractivity contribution in [2.75, 3.05) is 26.3 Å². The highest BCUT2D eigenvalue weighted by Crippen LogP contribution is 2.08. The molecule has 0 amide bonds. The fourth-order valence-electron chi connectivity index (χ4n) is 1.78. The van der Waals surface area contributed by atoms with E-state index in [0.717, 1.165) is 18.9 Å². The molecule has 20 heavy (non-hydrogen) atoms. The van der Waals surface area contributed by atoms with Gasteiger partial charge in [0.1, 0.15) is 11.6 Å². The van der Waals surface area contributed by atoms with Crippen LogP contribution in [0.2, 0.25) is 0 Å². The highest BCUT2D eigenvalue weighted by Gasteiger charge is 2.04. The first-order valence-corrected chi connectivity index (χ1v) is 7.03. The molecule has 1 atom stereocenters. The standard InChI is InChI=1S/C15H23F2NO2/c1-2-3-6-20-11-15(19)10-18-5-4-12-7-13(16)9-14(17)8-12/h7-9,15,18-19H,2-6,10-11H2,1H3. The molecule has 114 valence electrons. The molecule has 5 heteroatoms. The molecule has 1 unspecified atom stereocenters. The van der Waals surface area contributed by atoms with E-state index in [1.54, 1.807) is 0 Å². The van der Waals surface area contributed by atoms with Crippen LogP contribution in [0.3, 0.4) is 0 Å². The Morgan fingerprint density at radius 1 is 1.25 bits per heavy atom. The summed E-state index contributed by atoms with van der Waals surface area (Å²) in [4.78, 5) is 0. The third-order valence-electron chi connectivity index (χ3n) is 2.85. The maximum absolute atomic E-state index is 13.0. The van der Waals surface area contributed by atoms with Gasteiger partial charge in [0, 0.05) is 19.2 Å². The van der Waals surface area contributed by atoms with Gasteiger partial charge in [-0.3, -0.25) is 0 Å². The fourth-order valence-corrected chi connectivity index (χ4v) is 1.78. The Labute approximate surface area is 119 Å². The van der Waals surface area contributed by atoms with E-state index in [1.807, 2.05) is 0 Å². The number of ether oxygens (including phenoxy) is 1. The Bertz CT molecular complexity index is 368. The molecule has 0 saturated carbocycles. The molecule has 0 aromatic heterocycles. The van der Waals surface area contributed by atoms with Crippen LogP contribution in [-0.2, 0) is 11.2 Å². The van der Waals surface area contributed by atoms with Crippen LogP contribution >= 0.6 is 0 Å². The molecule has 0 fully saturated rings. The Kier molecular flexibility index (Phi) is 8.34. The van der Waals surface area contributed by atoms with Crippen molar-refractivity contribution < 1.29 is 18.6 Å². The SMILES string of the molecule is CCCCOCC(O)CNCCc1cc(F)cc(F)c1. The van der Waals surface area contributed by atoms with E-state index < -0.39 is 17.7 Å². The summed E-state index contributed by atoms with van der Waals surface area (Å²) in [6.07, 6.45) is 2.01. The number of hydrogen-bond donors (Lipinski definition) is 2. The van der Waals surface area contributed by atoms with Crippen LogP contribution in [-0.4, -0.2) is 37.5 Å². The number of nitrogens with one attached hydrogen (secondary N) is 1. The van der Waals surface area contributed by atoms with Crippen LogP contribution in [0.4, 0.5) is 8.78 Å². The first-order valence-electron chi connectivity index (χ1n) is 7.03. The van der Waals surface area contributed by atoms with Crippen molar-refractivity contribution in [2.24, 2.45) is 0 Å². The normalized spacial score (nSPS) is 12.6. The molecule has 0 heterocycles. The number of hydrogen-bond acceptors (Lipinski definition) is 3. The summed E-state index contributed by atoms with van der Waals surface area (Å²) in [5.41, 5.74) is 0.601. The fraction of sp³-hybridized carbons (Fsp3) is 0.600. The molecule has 0 aliphatic heterocycles. The molecule has 0 aliphatic carbocycles. The second kappa shape index (κ2) is 9.80. The first kappa shape index (κ1) is 17.0. The van der Waals surface area contributed by atoms with E-state index in [2.05, 4.69) is 12.2 Å². The van der Waals surface area contributed by atoms with Gasteiger partial charge in [-0.25, -0.2) is 8.78 Å². The number of unbranched alkanes of at least 4 members (excludes halogenated alkanes) is 1. The lowest BCUT2D eigenvalue weighted by molar-refractivity contribution is 0.0361. The van der Waals surface area contributed by atoms with Gasteiger partial charge in [-0.1, -0.05) is 13.3 Å². The zero-order valence-electron chi connectivity index (χ0n) is 11.9. The third-order valence-corrected chi connectivity index (χ3v) is 2.85. The summed E-state index contributed by atoms with van der Waals surface area (Å²) in [5.74, 6) is -1.13. The summed E-state index contributed by atoms with van der Waals surface area (Å²) in [5, 5.41) is 12.7. The predicted octanol–water partition coefficient (Wildman–Crippen LogP) is 2.27.